The normalized spacial score (nSPS) is 10.7. The van der Waals surface area contributed by atoms with E-state index in [0.29, 0.717) is 11.7 Å². The number of carbonyl (C=O) groups excluding carboxylic acids is 1. The van der Waals surface area contributed by atoms with E-state index in [4.69, 9.17) is 4.74 Å². The summed E-state index contributed by atoms with van der Waals surface area (Å²) in [7, 11) is 1.64. The Morgan fingerprint density at radius 1 is 1.14 bits per heavy atom. The third-order valence-corrected chi connectivity index (χ3v) is 4.30. The molecule has 0 saturated heterocycles. The predicted octanol–water partition coefficient (Wildman–Crippen LogP) is 4.79. The molecule has 0 aliphatic rings. The fourth-order valence-corrected chi connectivity index (χ4v) is 2.82. The molecule has 0 N–H and O–H groups in total. The van der Waals surface area contributed by atoms with Gasteiger partial charge in [0.05, 0.1) is 12.9 Å². The van der Waals surface area contributed by atoms with Gasteiger partial charge in [-0.1, -0.05) is 44.2 Å². The number of Topliss-reactive ketones (excluding diaryl/α,β-unsaturated/α-hetero) is 1. The van der Waals surface area contributed by atoms with Crippen LogP contribution in [-0.4, -0.2) is 18.6 Å². The van der Waals surface area contributed by atoms with Crippen LogP contribution in [-0.2, 0) is 0 Å². The van der Waals surface area contributed by atoms with E-state index in [1.54, 1.807) is 7.11 Å². The van der Waals surface area contributed by atoms with Crippen molar-refractivity contribution in [3.8, 4) is 5.75 Å². The molecule has 0 radical (unpaired) electrons. The molecule has 0 fully saturated rings. The highest BCUT2D eigenvalue weighted by molar-refractivity contribution is 8.00. The van der Waals surface area contributed by atoms with Crippen LogP contribution in [0.3, 0.4) is 0 Å². The lowest BCUT2D eigenvalue weighted by atomic mass is 10.0. The number of ketones is 1. The maximum atomic E-state index is 12.2. The molecule has 110 valence electrons. The molecule has 0 bridgehead atoms. The molecule has 3 heteroatoms. The van der Waals surface area contributed by atoms with Gasteiger partial charge >= 0.3 is 0 Å². The Balaban J connectivity index is 1.97. The molecular weight excluding hydrogens is 280 g/mol. The lowest BCUT2D eigenvalue weighted by Gasteiger charge is -2.07. The Kier molecular flexibility index (Phi) is 5.45. The molecule has 2 aromatic carbocycles. The van der Waals surface area contributed by atoms with Gasteiger partial charge in [-0.2, -0.15) is 0 Å². The summed E-state index contributed by atoms with van der Waals surface area (Å²) in [6.45, 7) is 4.30. The molecule has 0 unspecified atom stereocenters. The summed E-state index contributed by atoms with van der Waals surface area (Å²) in [5, 5.41) is 0. The first-order valence-corrected chi connectivity index (χ1v) is 7.98. The van der Waals surface area contributed by atoms with Crippen LogP contribution in [0.5, 0.6) is 5.75 Å². The minimum absolute atomic E-state index is 0.151. The van der Waals surface area contributed by atoms with Crippen LogP contribution >= 0.6 is 11.8 Å². The van der Waals surface area contributed by atoms with E-state index in [2.05, 4.69) is 13.8 Å². The van der Waals surface area contributed by atoms with Gasteiger partial charge < -0.3 is 4.74 Å². The maximum absolute atomic E-state index is 12.2. The van der Waals surface area contributed by atoms with Crippen molar-refractivity contribution >= 4 is 17.5 Å². The Morgan fingerprint density at radius 3 is 2.48 bits per heavy atom. The van der Waals surface area contributed by atoms with E-state index < -0.39 is 0 Å². The highest BCUT2D eigenvalue weighted by Gasteiger charge is 2.08. The zero-order chi connectivity index (χ0) is 15.2. The van der Waals surface area contributed by atoms with Crippen molar-refractivity contribution < 1.29 is 9.53 Å². The number of thioether (sulfide) groups is 1. The SMILES string of the molecule is COc1cccc(SCC(=O)c2ccc(C(C)C)cc2)c1. The van der Waals surface area contributed by atoms with Crippen LogP contribution in [0.2, 0.25) is 0 Å². The molecule has 0 saturated carbocycles. The quantitative estimate of drug-likeness (QED) is 0.566. The zero-order valence-electron chi connectivity index (χ0n) is 12.6. The van der Waals surface area contributed by atoms with E-state index in [-0.39, 0.29) is 5.78 Å². The standard InChI is InChI=1S/C18H20O2S/c1-13(2)14-7-9-15(10-8-14)18(19)12-21-17-6-4-5-16(11-17)20-3/h4-11,13H,12H2,1-3H3. The van der Waals surface area contributed by atoms with Crippen LogP contribution in [0.4, 0.5) is 0 Å². The van der Waals surface area contributed by atoms with Gasteiger partial charge in [-0.25, -0.2) is 0 Å². The summed E-state index contributed by atoms with van der Waals surface area (Å²) >= 11 is 1.53. The number of methoxy groups -OCH3 is 1. The van der Waals surface area contributed by atoms with Gasteiger partial charge in [-0.05, 0) is 29.7 Å². The third-order valence-electron chi connectivity index (χ3n) is 3.31. The highest BCUT2D eigenvalue weighted by atomic mass is 32.2. The second-order valence-electron chi connectivity index (χ2n) is 5.17. The maximum Gasteiger partial charge on any atom is 0.173 e. The van der Waals surface area contributed by atoms with Crippen LogP contribution in [0.1, 0.15) is 35.7 Å². The van der Waals surface area contributed by atoms with Gasteiger partial charge in [0.25, 0.3) is 0 Å². The molecule has 2 aromatic rings. The summed E-state index contributed by atoms with van der Waals surface area (Å²) in [4.78, 5) is 13.2. The van der Waals surface area contributed by atoms with Crippen molar-refractivity contribution in [3.63, 3.8) is 0 Å². The molecule has 0 atom stereocenters. The summed E-state index contributed by atoms with van der Waals surface area (Å²) in [6, 6.07) is 15.7. The van der Waals surface area contributed by atoms with Gasteiger partial charge in [0.1, 0.15) is 5.75 Å². The number of hydrogen-bond donors (Lipinski definition) is 0. The van der Waals surface area contributed by atoms with Crippen LogP contribution in [0, 0.1) is 0 Å². The van der Waals surface area contributed by atoms with Crippen molar-refractivity contribution in [3.05, 3.63) is 59.7 Å². The number of rotatable bonds is 6. The fourth-order valence-electron chi connectivity index (χ4n) is 1.98. The first-order valence-electron chi connectivity index (χ1n) is 7.00. The predicted molar refractivity (Wildman–Crippen MR) is 88.6 cm³/mol. The molecule has 0 amide bonds. The van der Waals surface area contributed by atoms with E-state index in [1.165, 1.54) is 17.3 Å². The molecule has 2 nitrogen and oxygen atoms in total. The van der Waals surface area contributed by atoms with Crippen molar-refractivity contribution in [2.75, 3.05) is 12.9 Å². The summed E-state index contributed by atoms with van der Waals surface area (Å²) in [5.41, 5.74) is 2.03. The topological polar surface area (TPSA) is 26.3 Å². The zero-order valence-corrected chi connectivity index (χ0v) is 13.4. The summed E-state index contributed by atoms with van der Waals surface area (Å²) in [5.74, 6) is 1.89. The molecular formula is C18H20O2S. The number of carbonyl (C=O) groups is 1. The van der Waals surface area contributed by atoms with Crippen LogP contribution in [0.15, 0.2) is 53.4 Å². The fraction of sp³-hybridized carbons (Fsp3) is 0.278. The van der Waals surface area contributed by atoms with Crippen molar-refractivity contribution in [2.24, 2.45) is 0 Å². The van der Waals surface area contributed by atoms with Crippen molar-refractivity contribution in [1.82, 2.24) is 0 Å². The molecule has 0 aliphatic heterocycles. The number of hydrogen-bond acceptors (Lipinski definition) is 3. The smallest absolute Gasteiger partial charge is 0.173 e. The monoisotopic (exact) mass is 300 g/mol. The number of ether oxygens (including phenoxy) is 1. The van der Waals surface area contributed by atoms with Gasteiger partial charge in [0.2, 0.25) is 0 Å². The van der Waals surface area contributed by atoms with E-state index in [9.17, 15) is 4.79 Å². The molecule has 0 heterocycles. The Labute approximate surface area is 130 Å². The van der Waals surface area contributed by atoms with Crippen LogP contribution in [0.25, 0.3) is 0 Å². The molecule has 0 spiro atoms. The van der Waals surface area contributed by atoms with E-state index in [0.717, 1.165) is 16.2 Å². The second-order valence-corrected chi connectivity index (χ2v) is 6.22. The summed E-state index contributed by atoms with van der Waals surface area (Å²) < 4.78 is 5.18. The first-order chi connectivity index (χ1) is 10.1. The lowest BCUT2D eigenvalue weighted by molar-refractivity contribution is 0.102. The van der Waals surface area contributed by atoms with Gasteiger partial charge in [-0.3, -0.25) is 4.79 Å². The second kappa shape index (κ2) is 7.32. The minimum Gasteiger partial charge on any atom is -0.497 e. The largest absolute Gasteiger partial charge is 0.497 e. The Hall–Kier alpha value is -1.74. The Bertz CT molecular complexity index is 603. The lowest BCUT2D eigenvalue weighted by Crippen LogP contribution is -2.02. The molecule has 0 aliphatic carbocycles. The third kappa shape index (κ3) is 4.36. The average molecular weight is 300 g/mol. The summed E-state index contributed by atoms with van der Waals surface area (Å²) in [6.07, 6.45) is 0. The van der Waals surface area contributed by atoms with Crippen molar-refractivity contribution in [2.45, 2.75) is 24.7 Å². The van der Waals surface area contributed by atoms with Gasteiger partial charge in [-0.15, -0.1) is 11.8 Å². The van der Waals surface area contributed by atoms with Gasteiger partial charge in [0, 0.05) is 10.5 Å². The average Bonchev–Trinajstić information content (AvgIpc) is 2.53. The number of benzene rings is 2. The molecule has 21 heavy (non-hydrogen) atoms. The first kappa shape index (κ1) is 15.6. The minimum atomic E-state index is 0.151. The van der Waals surface area contributed by atoms with E-state index in [1.807, 2.05) is 48.5 Å². The Morgan fingerprint density at radius 2 is 1.86 bits per heavy atom. The van der Waals surface area contributed by atoms with Crippen molar-refractivity contribution in [1.29, 1.82) is 0 Å². The van der Waals surface area contributed by atoms with E-state index >= 15 is 0 Å². The van der Waals surface area contributed by atoms with Gasteiger partial charge in [0.15, 0.2) is 5.78 Å². The molecule has 0 aromatic heterocycles. The molecule has 2 rings (SSSR count). The van der Waals surface area contributed by atoms with Crippen LogP contribution < -0.4 is 4.74 Å². The highest BCUT2D eigenvalue weighted by Crippen LogP contribution is 2.24.